The number of hydrogen-bond acceptors (Lipinski definition) is 3. The minimum atomic E-state index is -0.909. The van der Waals surface area contributed by atoms with Crippen molar-refractivity contribution in [2.24, 2.45) is 0 Å². The Labute approximate surface area is 127 Å². The molecule has 0 radical (unpaired) electrons. The van der Waals surface area contributed by atoms with E-state index >= 15 is 0 Å². The van der Waals surface area contributed by atoms with Crippen LogP contribution in [0.2, 0.25) is 5.02 Å². The van der Waals surface area contributed by atoms with Gasteiger partial charge in [-0.2, -0.15) is 0 Å². The van der Waals surface area contributed by atoms with Gasteiger partial charge >= 0.3 is 5.97 Å². The molecule has 0 aliphatic carbocycles. The van der Waals surface area contributed by atoms with Crippen molar-refractivity contribution in [1.29, 1.82) is 0 Å². The predicted octanol–water partition coefficient (Wildman–Crippen LogP) is 4.32. The van der Waals surface area contributed by atoms with Gasteiger partial charge in [0.05, 0.1) is 10.7 Å². The van der Waals surface area contributed by atoms with Gasteiger partial charge in [-0.05, 0) is 31.0 Å². The van der Waals surface area contributed by atoms with Crippen molar-refractivity contribution >= 4 is 28.9 Å². The Balaban J connectivity index is 2.27. The van der Waals surface area contributed by atoms with E-state index in [-0.39, 0.29) is 5.41 Å². The Kier molecular flexibility index (Phi) is 4.16. The maximum Gasteiger partial charge on any atom is 0.347 e. The summed E-state index contributed by atoms with van der Waals surface area (Å²) in [6.07, 6.45) is 0.788. The number of aryl methyl sites for hydroxylation is 1. The third-order valence-corrected chi connectivity index (χ3v) is 4.89. The number of hydrogen-bond donors (Lipinski definition) is 1. The molecule has 0 aliphatic heterocycles. The monoisotopic (exact) mass is 309 g/mol. The van der Waals surface area contributed by atoms with Crippen LogP contribution in [-0.4, -0.2) is 16.1 Å². The average molecular weight is 310 g/mol. The molecule has 2 aromatic rings. The van der Waals surface area contributed by atoms with Crippen LogP contribution in [0.3, 0.4) is 0 Å². The zero-order chi connectivity index (χ0) is 14.9. The fourth-order valence-electron chi connectivity index (χ4n) is 2.07. The molecule has 1 aromatic carbocycles. The van der Waals surface area contributed by atoms with Crippen LogP contribution in [0.25, 0.3) is 0 Å². The first-order valence-corrected chi connectivity index (χ1v) is 7.45. The van der Waals surface area contributed by atoms with Crippen molar-refractivity contribution in [3.05, 3.63) is 50.4 Å². The third kappa shape index (κ3) is 3.19. The standard InChI is InChI=1S/C15H16ClNO2S/c1-9-12(13(18)19)20-14(17-9)15(2,3)8-10-4-6-11(16)7-5-10/h4-7H,8H2,1-3H3,(H,18,19). The van der Waals surface area contributed by atoms with Crippen molar-refractivity contribution in [2.75, 3.05) is 0 Å². The molecule has 0 fully saturated rings. The zero-order valence-corrected chi connectivity index (χ0v) is 13.2. The minimum absolute atomic E-state index is 0.211. The number of carboxylic acids is 1. The van der Waals surface area contributed by atoms with E-state index in [1.165, 1.54) is 11.3 Å². The molecule has 1 heterocycles. The Morgan fingerprint density at radius 1 is 1.35 bits per heavy atom. The highest BCUT2D eigenvalue weighted by atomic mass is 35.5. The maximum atomic E-state index is 11.1. The molecule has 0 saturated heterocycles. The molecule has 5 heteroatoms. The van der Waals surface area contributed by atoms with Crippen LogP contribution in [0.4, 0.5) is 0 Å². The van der Waals surface area contributed by atoms with E-state index in [2.05, 4.69) is 18.8 Å². The molecule has 3 nitrogen and oxygen atoms in total. The second-order valence-corrected chi connectivity index (χ2v) is 6.86. The highest BCUT2D eigenvalue weighted by molar-refractivity contribution is 7.13. The molecule has 20 heavy (non-hydrogen) atoms. The predicted molar refractivity (Wildman–Crippen MR) is 82.0 cm³/mol. The Morgan fingerprint density at radius 2 is 1.95 bits per heavy atom. The van der Waals surface area contributed by atoms with Gasteiger partial charge in [-0.3, -0.25) is 0 Å². The first-order chi connectivity index (χ1) is 9.29. The Morgan fingerprint density at radius 3 is 2.45 bits per heavy atom. The molecule has 0 atom stereocenters. The van der Waals surface area contributed by atoms with Crippen LogP contribution in [-0.2, 0) is 11.8 Å². The van der Waals surface area contributed by atoms with Gasteiger partial charge in [-0.1, -0.05) is 37.6 Å². The summed E-state index contributed by atoms with van der Waals surface area (Å²) in [6, 6.07) is 7.71. The van der Waals surface area contributed by atoms with Crippen LogP contribution < -0.4 is 0 Å². The molecule has 0 spiro atoms. The summed E-state index contributed by atoms with van der Waals surface area (Å²) >= 11 is 7.14. The number of halogens is 1. The smallest absolute Gasteiger partial charge is 0.347 e. The zero-order valence-electron chi connectivity index (χ0n) is 11.6. The third-order valence-electron chi connectivity index (χ3n) is 3.13. The first kappa shape index (κ1) is 15.0. The number of carboxylic acid groups (broad SMARTS) is 1. The number of nitrogens with zero attached hydrogens (tertiary/aromatic N) is 1. The second kappa shape index (κ2) is 5.54. The maximum absolute atomic E-state index is 11.1. The van der Waals surface area contributed by atoms with Crippen LogP contribution in [0.5, 0.6) is 0 Å². The number of benzene rings is 1. The van der Waals surface area contributed by atoms with E-state index in [1.807, 2.05) is 24.3 Å². The molecule has 0 aliphatic rings. The number of rotatable bonds is 4. The molecule has 1 aromatic heterocycles. The molecule has 0 amide bonds. The summed E-state index contributed by atoms with van der Waals surface area (Å²) in [5.41, 5.74) is 1.53. The number of thiazole rings is 1. The normalized spacial score (nSPS) is 11.6. The van der Waals surface area contributed by atoms with E-state index in [1.54, 1.807) is 6.92 Å². The average Bonchev–Trinajstić information content (AvgIpc) is 2.75. The SMILES string of the molecule is Cc1nc(C(C)(C)Cc2ccc(Cl)cc2)sc1C(=O)O. The number of carbonyl (C=O) groups is 1. The summed E-state index contributed by atoms with van der Waals surface area (Å²) in [5, 5.41) is 10.7. The molecule has 1 N–H and O–H groups in total. The van der Waals surface area contributed by atoms with Gasteiger partial charge in [-0.15, -0.1) is 11.3 Å². The van der Waals surface area contributed by atoms with E-state index in [0.29, 0.717) is 15.6 Å². The molecular formula is C15H16ClNO2S. The highest BCUT2D eigenvalue weighted by Crippen LogP contribution is 2.32. The van der Waals surface area contributed by atoms with Gasteiger partial charge in [0.15, 0.2) is 0 Å². The summed E-state index contributed by atoms with van der Waals surface area (Å²) in [5.74, 6) is -0.909. The fourth-order valence-corrected chi connectivity index (χ4v) is 3.20. The molecular weight excluding hydrogens is 294 g/mol. The molecule has 0 saturated carbocycles. The number of aromatic carboxylic acids is 1. The van der Waals surface area contributed by atoms with Crippen molar-refractivity contribution < 1.29 is 9.90 Å². The lowest BCUT2D eigenvalue weighted by Crippen LogP contribution is -2.20. The first-order valence-electron chi connectivity index (χ1n) is 6.25. The molecule has 0 bridgehead atoms. The summed E-state index contributed by atoms with van der Waals surface area (Å²) in [7, 11) is 0. The van der Waals surface area contributed by atoms with E-state index < -0.39 is 5.97 Å². The van der Waals surface area contributed by atoms with Crippen LogP contribution in [0.1, 0.15) is 39.8 Å². The summed E-state index contributed by atoms with van der Waals surface area (Å²) in [6.45, 7) is 5.89. The molecule has 2 rings (SSSR count). The van der Waals surface area contributed by atoms with Crippen molar-refractivity contribution in [3.8, 4) is 0 Å². The minimum Gasteiger partial charge on any atom is -0.477 e. The van der Waals surface area contributed by atoms with E-state index in [9.17, 15) is 4.79 Å². The highest BCUT2D eigenvalue weighted by Gasteiger charge is 2.27. The Hall–Kier alpha value is -1.39. The lowest BCUT2D eigenvalue weighted by Gasteiger charge is -2.22. The lowest BCUT2D eigenvalue weighted by atomic mass is 9.86. The van der Waals surface area contributed by atoms with Gasteiger partial charge in [0.2, 0.25) is 0 Å². The Bertz CT molecular complexity index is 632. The summed E-state index contributed by atoms with van der Waals surface area (Å²) in [4.78, 5) is 15.9. The quantitative estimate of drug-likeness (QED) is 0.915. The molecule has 0 unspecified atom stereocenters. The van der Waals surface area contributed by atoms with Crippen molar-refractivity contribution in [1.82, 2.24) is 4.98 Å². The van der Waals surface area contributed by atoms with Crippen LogP contribution >= 0.6 is 22.9 Å². The molecule has 106 valence electrons. The van der Waals surface area contributed by atoms with Crippen molar-refractivity contribution in [2.45, 2.75) is 32.6 Å². The topological polar surface area (TPSA) is 50.2 Å². The van der Waals surface area contributed by atoms with Crippen LogP contribution in [0, 0.1) is 6.92 Å². The van der Waals surface area contributed by atoms with E-state index in [0.717, 1.165) is 17.0 Å². The lowest BCUT2D eigenvalue weighted by molar-refractivity contribution is 0.0701. The van der Waals surface area contributed by atoms with Gasteiger partial charge in [0.1, 0.15) is 4.88 Å². The van der Waals surface area contributed by atoms with Gasteiger partial charge in [0, 0.05) is 10.4 Å². The summed E-state index contributed by atoms with van der Waals surface area (Å²) < 4.78 is 0. The number of aromatic nitrogens is 1. The van der Waals surface area contributed by atoms with E-state index in [4.69, 9.17) is 16.7 Å². The largest absolute Gasteiger partial charge is 0.477 e. The van der Waals surface area contributed by atoms with Crippen LogP contribution in [0.15, 0.2) is 24.3 Å². The van der Waals surface area contributed by atoms with Gasteiger partial charge < -0.3 is 5.11 Å². The van der Waals surface area contributed by atoms with Crippen molar-refractivity contribution in [3.63, 3.8) is 0 Å². The fraction of sp³-hybridized carbons (Fsp3) is 0.333. The van der Waals surface area contributed by atoms with Gasteiger partial charge in [0.25, 0.3) is 0 Å². The second-order valence-electron chi connectivity index (χ2n) is 5.43. The van der Waals surface area contributed by atoms with Gasteiger partial charge in [-0.25, -0.2) is 9.78 Å².